The van der Waals surface area contributed by atoms with E-state index in [9.17, 15) is 4.39 Å². The molecule has 0 spiro atoms. The average Bonchev–Trinajstić information content (AvgIpc) is 2.24. The van der Waals surface area contributed by atoms with E-state index in [0.717, 1.165) is 5.56 Å². The van der Waals surface area contributed by atoms with E-state index >= 15 is 0 Å². The Balaban J connectivity index is 0.00000225. The fourth-order valence-electron chi connectivity index (χ4n) is 1.11. The molecule has 3 nitrogen and oxygen atoms in total. The van der Waals surface area contributed by atoms with E-state index in [2.05, 4.69) is 31.6 Å². The van der Waals surface area contributed by atoms with Gasteiger partial charge in [-0.15, -0.1) is 24.0 Å². The van der Waals surface area contributed by atoms with Gasteiger partial charge in [-0.05, 0) is 33.6 Å². The topological polar surface area (TPSA) is 36.4 Å². The van der Waals surface area contributed by atoms with E-state index in [4.69, 9.17) is 0 Å². The lowest BCUT2D eigenvalue weighted by molar-refractivity contribution is 0.618. The number of rotatable bonds is 2. The molecule has 0 radical (unpaired) electrons. The van der Waals surface area contributed by atoms with Gasteiger partial charge in [0.25, 0.3) is 0 Å². The zero-order valence-corrected chi connectivity index (χ0v) is 13.0. The van der Waals surface area contributed by atoms with Crippen LogP contribution >= 0.6 is 39.9 Å². The Morgan fingerprint density at radius 3 is 2.69 bits per heavy atom. The van der Waals surface area contributed by atoms with Crippen LogP contribution < -0.4 is 10.6 Å². The largest absolute Gasteiger partial charge is 0.359 e. The van der Waals surface area contributed by atoms with Crippen LogP contribution in [-0.4, -0.2) is 20.1 Å². The molecular weight excluding hydrogens is 388 g/mol. The highest BCUT2D eigenvalue weighted by molar-refractivity contribution is 14.0. The summed E-state index contributed by atoms with van der Waals surface area (Å²) in [5.74, 6) is 0.423. The Hall–Kier alpha value is -0.370. The Morgan fingerprint density at radius 1 is 1.50 bits per heavy atom. The summed E-state index contributed by atoms with van der Waals surface area (Å²) >= 11 is 3.11. The van der Waals surface area contributed by atoms with Crippen molar-refractivity contribution in [3.8, 4) is 0 Å². The molecule has 0 amide bonds. The van der Waals surface area contributed by atoms with Gasteiger partial charge in [-0.1, -0.05) is 6.07 Å². The van der Waals surface area contributed by atoms with Crippen molar-refractivity contribution < 1.29 is 4.39 Å². The number of guanidine groups is 1. The van der Waals surface area contributed by atoms with Crippen molar-refractivity contribution >= 4 is 45.9 Å². The van der Waals surface area contributed by atoms with Crippen molar-refractivity contribution in [1.29, 1.82) is 0 Å². The van der Waals surface area contributed by atoms with Crippen molar-refractivity contribution in [3.05, 3.63) is 34.1 Å². The predicted molar refractivity (Wildman–Crippen MR) is 78.8 cm³/mol. The average molecular weight is 402 g/mol. The van der Waals surface area contributed by atoms with Gasteiger partial charge < -0.3 is 10.6 Å². The van der Waals surface area contributed by atoms with E-state index in [0.29, 0.717) is 17.0 Å². The number of hydrogen-bond acceptors (Lipinski definition) is 1. The van der Waals surface area contributed by atoms with Gasteiger partial charge in [-0.2, -0.15) is 0 Å². The van der Waals surface area contributed by atoms with Gasteiger partial charge in [-0.25, -0.2) is 4.39 Å². The molecule has 1 aromatic rings. The Morgan fingerprint density at radius 2 is 2.19 bits per heavy atom. The van der Waals surface area contributed by atoms with Crippen molar-refractivity contribution in [2.24, 2.45) is 4.99 Å². The second-order valence-corrected chi connectivity index (χ2v) is 3.78. The van der Waals surface area contributed by atoms with Crippen LogP contribution in [0.1, 0.15) is 5.56 Å². The molecular formula is C10H14BrFIN3. The Labute approximate surface area is 120 Å². The quantitative estimate of drug-likeness (QED) is 0.454. The van der Waals surface area contributed by atoms with E-state index in [-0.39, 0.29) is 29.8 Å². The molecule has 0 unspecified atom stereocenters. The van der Waals surface area contributed by atoms with Crippen LogP contribution in [0.4, 0.5) is 4.39 Å². The Kier molecular flexibility index (Phi) is 7.65. The van der Waals surface area contributed by atoms with Crippen LogP contribution in [0.25, 0.3) is 0 Å². The van der Waals surface area contributed by atoms with Crippen molar-refractivity contribution in [2.75, 3.05) is 14.1 Å². The summed E-state index contributed by atoms with van der Waals surface area (Å²) in [5.41, 5.74) is 0.868. The monoisotopic (exact) mass is 401 g/mol. The number of aliphatic imine (C=N–C) groups is 1. The highest BCUT2D eigenvalue weighted by Crippen LogP contribution is 2.16. The summed E-state index contributed by atoms with van der Waals surface area (Å²) in [6.07, 6.45) is 0. The van der Waals surface area contributed by atoms with Gasteiger partial charge in [0.05, 0.1) is 4.47 Å². The third-order valence-electron chi connectivity index (χ3n) is 1.90. The van der Waals surface area contributed by atoms with Gasteiger partial charge in [0.2, 0.25) is 0 Å². The number of halogens is 3. The lowest BCUT2D eigenvalue weighted by Gasteiger charge is -2.08. The van der Waals surface area contributed by atoms with Gasteiger partial charge in [0.1, 0.15) is 5.82 Å². The highest BCUT2D eigenvalue weighted by atomic mass is 127. The van der Waals surface area contributed by atoms with Crippen molar-refractivity contribution in [2.45, 2.75) is 6.54 Å². The van der Waals surface area contributed by atoms with Crippen LogP contribution in [0.3, 0.4) is 0 Å². The number of benzene rings is 1. The SMILES string of the molecule is CN=C(NC)NCc1ccc(Br)c(F)c1.I. The molecule has 0 aromatic heterocycles. The van der Waals surface area contributed by atoms with E-state index in [1.807, 2.05) is 6.07 Å². The van der Waals surface area contributed by atoms with Gasteiger partial charge in [-0.3, -0.25) is 4.99 Å². The maximum Gasteiger partial charge on any atom is 0.190 e. The summed E-state index contributed by atoms with van der Waals surface area (Å²) in [7, 11) is 3.46. The van der Waals surface area contributed by atoms with Crippen molar-refractivity contribution in [1.82, 2.24) is 10.6 Å². The van der Waals surface area contributed by atoms with Crippen LogP contribution in [-0.2, 0) is 6.54 Å². The number of hydrogen-bond donors (Lipinski definition) is 2. The van der Waals surface area contributed by atoms with E-state index in [1.54, 1.807) is 20.2 Å². The molecule has 6 heteroatoms. The zero-order valence-electron chi connectivity index (χ0n) is 9.05. The first-order valence-electron chi connectivity index (χ1n) is 4.49. The number of nitrogens with zero attached hydrogens (tertiary/aromatic N) is 1. The minimum atomic E-state index is -0.256. The van der Waals surface area contributed by atoms with E-state index < -0.39 is 0 Å². The van der Waals surface area contributed by atoms with Crippen LogP contribution in [0.15, 0.2) is 27.7 Å². The molecule has 0 heterocycles. The summed E-state index contributed by atoms with van der Waals surface area (Å²) < 4.78 is 13.6. The maximum absolute atomic E-state index is 13.1. The first-order valence-corrected chi connectivity index (χ1v) is 5.29. The molecule has 1 aromatic carbocycles. The molecule has 0 fully saturated rings. The smallest absolute Gasteiger partial charge is 0.190 e. The molecule has 0 atom stereocenters. The molecule has 1 rings (SSSR count). The fraction of sp³-hybridized carbons (Fsp3) is 0.300. The zero-order chi connectivity index (χ0) is 11.3. The van der Waals surface area contributed by atoms with Crippen LogP contribution in [0.5, 0.6) is 0 Å². The molecule has 0 saturated heterocycles. The van der Waals surface area contributed by atoms with E-state index in [1.165, 1.54) is 6.07 Å². The second-order valence-electron chi connectivity index (χ2n) is 2.92. The highest BCUT2D eigenvalue weighted by Gasteiger charge is 2.01. The van der Waals surface area contributed by atoms with Crippen LogP contribution in [0, 0.1) is 5.82 Å². The lowest BCUT2D eigenvalue weighted by Crippen LogP contribution is -2.34. The summed E-state index contributed by atoms with van der Waals surface area (Å²) in [5, 5.41) is 5.92. The first-order chi connectivity index (χ1) is 7.17. The van der Waals surface area contributed by atoms with Gasteiger partial charge in [0.15, 0.2) is 5.96 Å². The second kappa shape index (κ2) is 7.83. The fourth-order valence-corrected chi connectivity index (χ4v) is 1.36. The predicted octanol–water partition coefficient (Wildman–Crippen LogP) is 2.50. The summed E-state index contributed by atoms with van der Waals surface area (Å²) in [6, 6.07) is 5.03. The molecule has 0 aliphatic carbocycles. The normalized spacial score (nSPS) is 10.6. The van der Waals surface area contributed by atoms with Crippen molar-refractivity contribution in [3.63, 3.8) is 0 Å². The molecule has 0 aliphatic heterocycles. The first kappa shape index (κ1) is 15.6. The van der Waals surface area contributed by atoms with Crippen LogP contribution in [0.2, 0.25) is 0 Å². The lowest BCUT2D eigenvalue weighted by atomic mass is 10.2. The molecule has 2 N–H and O–H groups in total. The summed E-state index contributed by atoms with van der Waals surface area (Å²) in [4.78, 5) is 3.95. The minimum absolute atomic E-state index is 0. The molecule has 90 valence electrons. The Bertz CT molecular complexity index is 371. The van der Waals surface area contributed by atoms with Gasteiger partial charge in [0, 0.05) is 20.6 Å². The standard InChI is InChI=1S/C10H13BrFN3.HI/c1-13-10(14-2)15-6-7-3-4-8(11)9(12)5-7;/h3-5H,6H2,1-2H3,(H2,13,14,15);1H. The third-order valence-corrected chi connectivity index (χ3v) is 2.55. The molecule has 0 aliphatic rings. The molecule has 16 heavy (non-hydrogen) atoms. The number of nitrogens with one attached hydrogen (secondary N) is 2. The summed E-state index contributed by atoms with van der Waals surface area (Å²) in [6.45, 7) is 0.539. The molecule has 0 saturated carbocycles. The third kappa shape index (κ3) is 4.65. The minimum Gasteiger partial charge on any atom is -0.359 e. The van der Waals surface area contributed by atoms with Gasteiger partial charge >= 0.3 is 0 Å². The molecule has 0 bridgehead atoms. The maximum atomic E-state index is 13.1.